The fourth-order valence-electron chi connectivity index (χ4n) is 2.51. The van der Waals surface area contributed by atoms with Crippen LogP contribution in [0, 0.1) is 0 Å². The second-order valence-corrected chi connectivity index (χ2v) is 6.71. The van der Waals surface area contributed by atoms with Crippen LogP contribution in [0.25, 0.3) is 11.0 Å². The molecule has 0 aliphatic heterocycles. The van der Waals surface area contributed by atoms with Gasteiger partial charge in [-0.15, -0.1) is 0 Å². The summed E-state index contributed by atoms with van der Waals surface area (Å²) in [5, 5.41) is 3.59. The number of benzene rings is 1. The Morgan fingerprint density at radius 2 is 1.96 bits per heavy atom. The molecule has 2 heterocycles. The maximum atomic E-state index is 12.0. The van der Waals surface area contributed by atoms with E-state index < -0.39 is 5.63 Å². The Labute approximate surface area is 139 Å². The van der Waals surface area contributed by atoms with Crippen molar-refractivity contribution in [3.8, 4) is 0 Å². The van der Waals surface area contributed by atoms with Crippen molar-refractivity contribution in [1.29, 1.82) is 0 Å². The van der Waals surface area contributed by atoms with Crippen LogP contribution in [0.15, 0.2) is 56.3 Å². The molecule has 1 aromatic carbocycles. The molecule has 0 saturated carbocycles. The lowest BCUT2D eigenvalue weighted by atomic mass is 9.86. The first kappa shape index (κ1) is 16.1. The van der Waals surface area contributed by atoms with Gasteiger partial charge in [0.15, 0.2) is 5.76 Å². The zero-order valence-corrected chi connectivity index (χ0v) is 13.9. The topological polar surface area (TPSA) is 72.5 Å². The molecule has 3 rings (SSSR count). The number of amides is 1. The molecule has 1 N–H and O–H groups in total. The predicted octanol–water partition coefficient (Wildman–Crippen LogP) is 3.61. The highest BCUT2D eigenvalue weighted by molar-refractivity contribution is 5.91. The summed E-state index contributed by atoms with van der Waals surface area (Å²) in [4.78, 5) is 23.8. The number of furan rings is 1. The van der Waals surface area contributed by atoms with Gasteiger partial charge in [-0.25, -0.2) is 4.79 Å². The smallest absolute Gasteiger partial charge is 0.336 e. The summed E-state index contributed by atoms with van der Waals surface area (Å²) in [6.07, 6.45) is 1.44. The van der Waals surface area contributed by atoms with Gasteiger partial charge in [-0.2, -0.15) is 0 Å². The number of fused-ring (bicyclic) bond motifs is 1. The summed E-state index contributed by atoms with van der Waals surface area (Å²) in [5.41, 5.74) is 1.89. The Balaban J connectivity index is 1.96. The van der Waals surface area contributed by atoms with E-state index in [1.807, 2.05) is 12.1 Å². The Morgan fingerprint density at radius 3 is 2.62 bits per heavy atom. The Morgan fingerprint density at radius 1 is 1.17 bits per heavy atom. The molecule has 0 fully saturated rings. The zero-order valence-electron chi connectivity index (χ0n) is 13.9. The van der Waals surface area contributed by atoms with Crippen molar-refractivity contribution in [2.24, 2.45) is 0 Å². The van der Waals surface area contributed by atoms with Gasteiger partial charge in [0.05, 0.1) is 6.26 Å². The minimum Gasteiger partial charge on any atom is -0.459 e. The van der Waals surface area contributed by atoms with Crippen LogP contribution < -0.4 is 10.9 Å². The quantitative estimate of drug-likeness (QED) is 0.747. The molecule has 5 nitrogen and oxygen atoms in total. The average Bonchev–Trinajstić information content (AvgIpc) is 3.05. The Bertz CT molecular complexity index is 930. The molecular formula is C19H19NO4. The second kappa shape index (κ2) is 6.00. The van der Waals surface area contributed by atoms with E-state index in [9.17, 15) is 9.59 Å². The Kier molecular flexibility index (Phi) is 4.01. The van der Waals surface area contributed by atoms with Crippen molar-refractivity contribution in [2.45, 2.75) is 32.7 Å². The van der Waals surface area contributed by atoms with Crippen LogP contribution in [0.3, 0.4) is 0 Å². The average molecular weight is 325 g/mol. The first-order valence-electron chi connectivity index (χ1n) is 7.73. The summed E-state index contributed by atoms with van der Waals surface area (Å²) >= 11 is 0. The third-order valence-corrected chi connectivity index (χ3v) is 3.88. The highest BCUT2D eigenvalue weighted by Crippen LogP contribution is 2.27. The van der Waals surface area contributed by atoms with Crippen LogP contribution in [0.2, 0.25) is 0 Å². The third kappa shape index (κ3) is 3.25. The maximum absolute atomic E-state index is 12.0. The molecular weight excluding hydrogens is 306 g/mol. The van der Waals surface area contributed by atoms with Gasteiger partial charge >= 0.3 is 5.63 Å². The first-order chi connectivity index (χ1) is 11.3. The number of carbonyl (C=O) groups excluding carboxylic acids is 1. The van der Waals surface area contributed by atoms with Crippen molar-refractivity contribution < 1.29 is 13.6 Å². The van der Waals surface area contributed by atoms with Gasteiger partial charge < -0.3 is 14.2 Å². The van der Waals surface area contributed by atoms with E-state index in [1.165, 1.54) is 12.3 Å². The van der Waals surface area contributed by atoms with Crippen molar-refractivity contribution in [3.63, 3.8) is 0 Å². The molecule has 5 heteroatoms. The van der Waals surface area contributed by atoms with Gasteiger partial charge in [0.1, 0.15) is 5.58 Å². The molecule has 0 bridgehead atoms. The largest absolute Gasteiger partial charge is 0.459 e. The predicted molar refractivity (Wildman–Crippen MR) is 91.1 cm³/mol. The fraction of sp³-hybridized carbons (Fsp3) is 0.263. The van der Waals surface area contributed by atoms with E-state index in [-0.39, 0.29) is 23.6 Å². The maximum Gasteiger partial charge on any atom is 0.336 e. The molecule has 0 saturated heterocycles. The van der Waals surface area contributed by atoms with Crippen LogP contribution in [-0.2, 0) is 12.0 Å². The van der Waals surface area contributed by atoms with Crippen LogP contribution in [0.1, 0.15) is 42.5 Å². The van der Waals surface area contributed by atoms with E-state index in [1.54, 1.807) is 18.2 Å². The van der Waals surface area contributed by atoms with Crippen LogP contribution in [-0.4, -0.2) is 5.91 Å². The lowest BCUT2D eigenvalue weighted by molar-refractivity contribution is 0.0923. The van der Waals surface area contributed by atoms with Crippen LogP contribution in [0.4, 0.5) is 0 Å². The van der Waals surface area contributed by atoms with E-state index >= 15 is 0 Å². The highest BCUT2D eigenvalue weighted by atomic mass is 16.4. The summed E-state index contributed by atoms with van der Waals surface area (Å²) in [5.74, 6) is -0.0916. The summed E-state index contributed by atoms with van der Waals surface area (Å²) in [6.45, 7) is 6.57. The molecule has 0 aliphatic rings. The summed E-state index contributed by atoms with van der Waals surface area (Å²) in [6, 6.07) is 10.4. The lowest BCUT2D eigenvalue weighted by Gasteiger charge is -2.19. The second-order valence-electron chi connectivity index (χ2n) is 6.71. The molecule has 0 atom stereocenters. The van der Waals surface area contributed by atoms with Gasteiger partial charge in [0.2, 0.25) is 0 Å². The fourth-order valence-corrected chi connectivity index (χ4v) is 2.51. The SMILES string of the molecule is CC(C)(C)c1ccc2oc(=O)cc(CNC(=O)c3ccco3)c2c1. The monoisotopic (exact) mass is 325 g/mol. The minimum absolute atomic E-state index is 0.0288. The van der Waals surface area contributed by atoms with Gasteiger partial charge in [-0.3, -0.25) is 4.79 Å². The van der Waals surface area contributed by atoms with Crippen molar-refractivity contribution in [3.05, 3.63) is 70.0 Å². The van der Waals surface area contributed by atoms with E-state index in [0.717, 1.165) is 10.9 Å². The number of hydrogen-bond donors (Lipinski definition) is 1. The molecule has 1 amide bonds. The molecule has 2 aromatic heterocycles. The van der Waals surface area contributed by atoms with Gasteiger partial charge in [0, 0.05) is 18.0 Å². The third-order valence-electron chi connectivity index (χ3n) is 3.88. The Hall–Kier alpha value is -2.82. The molecule has 0 spiro atoms. The number of rotatable bonds is 3. The standard InChI is InChI=1S/C19H19NO4/c1-19(2,3)13-6-7-15-14(10-13)12(9-17(21)24-15)11-20-18(22)16-5-4-8-23-16/h4-10H,11H2,1-3H3,(H,20,22). The van der Waals surface area contributed by atoms with Gasteiger partial charge in [-0.1, -0.05) is 26.8 Å². The molecule has 0 aliphatic carbocycles. The van der Waals surface area contributed by atoms with Crippen molar-refractivity contribution >= 4 is 16.9 Å². The highest BCUT2D eigenvalue weighted by Gasteiger charge is 2.16. The molecule has 3 aromatic rings. The number of nitrogens with one attached hydrogen (secondary N) is 1. The zero-order chi connectivity index (χ0) is 17.3. The van der Waals surface area contributed by atoms with Crippen LogP contribution >= 0.6 is 0 Å². The minimum atomic E-state index is -0.437. The number of carbonyl (C=O) groups is 1. The van der Waals surface area contributed by atoms with E-state index in [0.29, 0.717) is 11.1 Å². The molecule has 24 heavy (non-hydrogen) atoms. The molecule has 0 unspecified atom stereocenters. The van der Waals surface area contributed by atoms with E-state index in [2.05, 4.69) is 26.1 Å². The van der Waals surface area contributed by atoms with Gasteiger partial charge in [-0.05, 0) is 40.8 Å². The number of hydrogen-bond acceptors (Lipinski definition) is 4. The summed E-state index contributed by atoms with van der Waals surface area (Å²) in [7, 11) is 0. The van der Waals surface area contributed by atoms with Crippen molar-refractivity contribution in [2.75, 3.05) is 0 Å². The molecule has 124 valence electrons. The summed E-state index contributed by atoms with van der Waals surface area (Å²) < 4.78 is 10.3. The van der Waals surface area contributed by atoms with Crippen molar-refractivity contribution in [1.82, 2.24) is 5.32 Å². The lowest BCUT2D eigenvalue weighted by Crippen LogP contribution is -2.23. The van der Waals surface area contributed by atoms with E-state index in [4.69, 9.17) is 8.83 Å². The normalized spacial score (nSPS) is 11.6. The van der Waals surface area contributed by atoms with Gasteiger partial charge in [0.25, 0.3) is 5.91 Å². The van der Waals surface area contributed by atoms with Crippen LogP contribution in [0.5, 0.6) is 0 Å². The first-order valence-corrected chi connectivity index (χ1v) is 7.73. The molecule has 0 radical (unpaired) electrons.